The molecule has 0 heterocycles. The molecule has 2 aromatic carbocycles. The van der Waals surface area contributed by atoms with Crippen molar-refractivity contribution in [3.8, 4) is 5.75 Å². The van der Waals surface area contributed by atoms with Crippen molar-refractivity contribution < 1.29 is 22.1 Å². The van der Waals surface area contributed by atoms with Crippen LogP contribution in [0.1, 0.15) is 5.56 Å². The lowest BCUT2D eigenvalue weighted by Gasteiger charge is -2.09. The highest BCUT2D eigenvalue weighted by Crippen LogP contribution is 2.28. The van der Waals surface area contributed by atoms with Gasteiger partial charge in [0.2, 0.25) is 0 Å². The third-order valence-electron chi connectivity index (χ3n) is 2.86. The maximum absolute atomic E-state index is 12.3. The molecule has 0 aromatic heterocycles. The Balaban J connectivity index is 2.20. The molecule has 126 valence electrons. The summed E-state index contributed by atoms with van der Waals surface area (Å²) in [5.74, 6) is -0.394. The second-order valence-electron chi connectivity index (χ2n) is 4.54. The van der Waals surface area contributed by atoms with Gasteiger partial charge in [0.15, 0.2) is 0 Å². The molecule has 2 aromatic rings. The number of halogens is 2. The summed E-state index contributed by atoms with van der Waals surface area (Å²) >= 11 is 11.7. The molecule has 0 saturated heterocycles. The molecule has 8 heteroatoms. The van der Waals surface area contributed by atoms with Crippen LogP contribution in [0.5, 0.6) is 5.75 Å². The van der Waals surface area contributed by atoms with Gasteiger partial charge < -0.3 is 8.92 Å². The monoisotopic (exact) mass is 386 g/mol. The SMILES string of the molecule is COC(=O)C=Cc1ccc(OS(=O)(=O)c2cc(Cl)ccc2Cl)cc1. The van der Waals surface area contributed by atoms with E-state index in [0.29, 0.717) is 5.56 Å². The van der Waals surface area contributed by atoms with E-state index in [1.54, 1.807) is 12.1 Å². The summed E-state index contributed by atoms with van der Waals surface area (Å²) in [4.78, 5) is 10.8. The number of benzene rings is 2. The Morgan fingerprint density at radius 3 is 2.38 bits per heavy atom. The van der Waals surface area contributed by atoms with Gasteiger partial charge in [0, 0.05) is 11.1 Å². The Morgan fingerprint density at radius 2 is 1.75 bits per heavy atom. The third kappa shape index (κ3) is 4.74. The summed E-state index contributed by atoms with van der Waals surface area (Å²) < 4.78 is 34.1. The van der Waals surface area contributed by atoms with Crippen molar-refractivity contribution in [3.05, 3.63) is 64.1 Å². The van der Waals surface area contributed by atoms with E-state index >= 15 is 0 Å². The minimum Gasteiger partial charge on any atom is -0.466 e. The smallest absolute Gasteiger partial charge is 0.340 e. The summed E-state index contributed by atoms with van der Waals surface area (Å²) in [6.45, 7) is 0. The molecule has 0 fully saturated rings. The van der Waals surface area contributed by atoms with E-state index in [4.69, 9.17) is 27.4 Å². The lowest BCUT2D eigenvalue weighted by Crippen LogP contribution is -2.10. The van der Waals surface area contributed by atoms with E-state index in [2.05, 4.69) is 4.74 Å². The van der Waals surface area contributed by atoms with E-state index in [0.717, 1.165) is 0 Å². The first-order chi connectivity index (χ1) is 11.3. The third-order valence-corrected chi connectivity index (χ3v) is 4.83. The molecule has 0 spiro atoms. The zero-order chi connectivity index (χ0) is 17.7. The quantitative estimate of drug-likeness (QED) is 0.442. The first-order valence-electron chi connectivity index (χ1n) is 6.57. The highest BCUT2D eigenvalue weighted by molar-refractivity contribution is 7.87. The molecule has 0 radical (unpaired) electrons. The van der Waals surface area contributed by atoms with Gasteiger partial charge in [-0.3, -0.25) is 0 Å². The molecular formula is C16H12Cl2O5S. The zero-order valence-electron chi connectivity index (χ0n) is 12.4. The van der Waals surface area contributed by atoms with E-state index in [9.17, 15) is 13.2 Å². The van der Waals surface area contributed by atoms with Gasteiger partial charge in [0.25, 0.3) is 0 Å². The van der Waals surface area contributed by atoms with Gasteiger partial charge in [0.1, 0.15) is 10.6 Å². The van der Waals surface area contributed by atoms with Crippen molar-refractivity contribution >= 4 is 45.4 Å². The molecule has 0 N–H and O–H groups in total. The summed E-state index contributed by atoms with van der Waals surface area (Å²) in [6.07, 6.45) is 2.77. The molecule has 0 aliphatic carbocycles. The lowest BCUT2D eigenvalue weighted by molar-refractivity contribution is -0.134. The van der Waals surface area contributed by atoms with Crippen LogP contribution in [0.4, 0.5) is 0 Å². The minimum absolute atomic E-state index is 0.0111. The molecule has 0 saturated carbocycles. The Bertz CT molecular complexity index is 874. The summed E-state index contributed by atoms with van der Waals surface area (Å²) in [6, 6.07) is 10.1. The van der Waals surface area contributed by atoms with Gasteiger partial charge in [-0.05, 0) is 42.0 Å². The van der Waals surface area contributed by atoms with Crippen molar-refractivity contribution in [2.45, 2.75) is 4.90 Å². The van der Waals surface area contributed by atoms with Crippen molar-refractivity contribution in [3.63, 3.8) is 0 Å². The number of methoxy groups -OCH3 is 1. The highest BCUT2D eigenvalue weighted by Gasteiger charge is 2.20. The summed E-state index contributed by atoms with van der Waals surface area (Å²) in [5, 5.41) is 0.238. The molecule has 0 atom stereocenters. The first-order valence-corrected chi connectivity index (χ1v) is 8.74. The molecular weight excluding hydrogens is 375 g/mol. The predicted molar refractivity (Wildman–Crippen MR) is 91.8 cm³/mol. The zero-order valence-corrected chi connectivity index (χ0v) is 14.7. The minimum atomic E-state index is -4.12. The molecule has 2 rings (SSSR count). The van der Waals surface area contributed by atoms with Crippen LogP contribution in [0.3, 0.4) is 0 Å². The number of rotatable bonds is 5. The standard InChI is InChI=1S/C16H12Cl2O5S/c1-22-16(19)9-4-11-2-6-13(7-3-11)23-24(20,21)15-10-12(17)5-8-14(15)18/h2-10H,1H3. The Kier molecular flexibility index (Phi) is 5.88. The van der Waals surface area contributed by atoms with Crippen LogP contribution in [0.2, 0.25) is 10.0 Å². The predicted octanol–water partition coefficient (Wildman–Crippen LogP) is 3.95. The van der Waals surface area contributed by atoms with E-state index in [1.165, 1.54) is 49.6 Å². The number of esters is 1. The lowest BCUT2D eigenvalue weighted by atomic mass is 10.2. The van der Waals surface area contributed by atoms with Gasteiger partial charge in [-0.25, -0.2) is 4.79 Å². The van der Waals surface area contributed by atoms with Crippen molar-refractivity contribution in [1.29, 1.82) is 0 Å². The number of hydrogen-bond acceptors (Lipinski definition) is 5. The summed E-state index contributed by atoms with van der Waals surface area (Å²) in [5.41, 5.74) is 0.672. The molecule has 5 nitrogen and oxygen atoms in total. The average Bonchev–Trinajstić information content (AvgIpc) is 2.55. The maximum Gasteiger partial charge on any atom is 0.340 e. The molecule has 24 heavy (non-hydrogen) atoms. The van der Waals surface area contributed by atoms with E-state index < -0.39 is 16.1 Å². The fraction of sp³-hybridized carbons (Fsp3) is 0.0625. The Morgan fingerprint density at radius 1 is 1.08 bits per heavy atom. The van der Waals surface area contributed by atoms with Crippen LogP contribution in [-0.4, -0.2) is 21.5 Å². The van der Waals surface area contributed by atoms with Crippen LogP contribution in [0.15, 0.2) is 53.4 Å². The van der Waals surface area contributed by atoms with Crippen molar-refractivity contribution in [2.24, 2.45) is 0 Å². The van der Waals surface area contributed by atoms with Crippen LogP contribution in [0, 0.1) is 0 Å². The molecule has 0 aliphatic rings. The van der Waals surface area contributed by atoms with Crippen molar-refractivity contribution in [1.82, 2.24) is 0 Å². The van der Waals surface area contributed by atoms with Crippen LogP contribution >= 0.6 is 23.2 Å². The maximum atomic E-state index is 12.3. The number of ether oxygens (including phenoxy) is 1. The number of carbonyl (C=O) groups excluding carboxylic acids is 1. The molecule has 0 aliphatic heterocycles. The fourth-order valence-electron chi connectivity index (χ4n) is 1.71. The molecule has 0 bridgehead atoms. The number of carbonyl (C=O) groups is 1. The topological polar surface area (TPSA) is 69.7 Å². The van der Waals surface area contributed by atoms with Gasteiger partial charge in [0.05, 0.1) is 12.1 Å². The normalized spacial score (nSPS) is 11.5. The number of hydrogen-bond donors (Lipinski definition) is 0. The van der Waals surface area contributed by atoms with Gasteiger partial charge in [-0.1, -0.05) is 35.3 Å². The Hall–Kier alpha value is -2.02. The van der Waals surface area contributed by atoms with E-state index in [1.807, 2.05) is 0 Å². The van der Waals surface area contributed by atoms with Crippen LogP contribution in [0.25, 0.3) is 6.08 Å². The van der Waals surface area contributed by atoms with E-state index in [-0.39, 0.29) is 20.7 Å². The fourth-order valence-corrected chi connectivity index (χ4v) is 3.38. The van der Waals surface area contributed by atoms with Crippen LogP contribution in [-0.2, 0) is 19.6 Å². The van der Waals surface area contributed by atoms with Crippen molar-refractivity contribution in [2.75, 3.05) is 7.11 Å². The van der Waals surface area contributed by atoms with Gasteiger partial charge in [-0.15, -0.1) is 0 Å². The largest absolute Gasteiger partial charge is 0.466 e. The second kappa shape index (κ2) is 7.70. The Labute approximate surface area is 149 Å². The highest BCUT2D eigenvalue weighted by atomic mass is 35.5. The second-order valence-corrected chi connectivity index (χ2v) is 6.90. The molecule has 0 amide bonds. The molecule has 0 unspecified atom stereocenters. The van der Waals surface area contributed by atoms with Crippen LogP contribution < -0.4 is 4.18 Å². The average molecular weight is 387 g/mol. The first kappa shape index (κ1) is 18.3. The van der Waals surface area contributed by atoms with Gasteiger partial charge in [-0.2, -0.15) is 8.42 Å². The van der Waals surface area contributed by atoms with Gasteiger partial charge >= 0.3 is 16.1 Å². The summed E-state index contributed by atoms with van der Waals surface area (Å²) in [7, 11) is -2.84.